The summed E-state index contributed by atoms with van der Waals surface area (Å²) in [6, 6.07) is 5.98. The van der Waals surface area contributed by atoms with Gasteiger partial charge in [0.1, 0.15) is 0 Å². The van der Waals surface area contributed by atoms with E-state index in [1.54, 1.807) is 0 Å². The molecule has 4 nitrogen and oxygen atoms in total. The Hall–Kier alpha value is -1.39. The van der Waals surface area contributed by atoms with Crippen molar-refractivity contribution in [2.75, 3.05) is 25.0 Å². The highest BCUT2D eigenvalue weighted by molar-refractivity contribution is 5.92. The van der Waals surface area contributed by atoms with Crippen molar-refractivity contribution in [1.29, 1.82) is 0 Å². The van der Waals surface area contributed by atoms with Gasteiger partial charge >= 0.3 is 0 Å². The van der Waals surface area contributed by atoms with Gasteiger partial charge in [0.05, 0.1) is 12.6 Å². The molecule has 21 heavy (non-hydrogen) atoms. The van der Waals surface area contributed by atoms with Crippen LogP contribution >= 0.6 is 0 Å². The zero-order chi connectivity index (χ0) is 15.4. The lowest BCUT2D eigenvalue weighted by Gasteiger charge is -2.32. The van der Waals surface area contributed by atoms with Crippen LogP contribution in [0.15, 0.2) is 18.2 Å². The van der Waals surface area contributed by atoms with Gasteiger partial charge in [-0.05, 0) is 75.9 Å². The van der Waals surface area contributed by atoms with E-state index in [-0.39, 0.29) is 12.0 Å². The molecule has 0 radical (unpaired) electrons. The highest BCUT2D eigenvalue weighted by Crippen LogP contribution is 2.20. The lowest BCUT2D eigenvalue weighted by Crippen LogP contribution is -2.41. The number of likely N-dealkylation sites (tertiary alicyclic amines) is 1. The predicted molar refractivity (Wildman–Crippen MR) is 85.4 cm³/mol. The third kappa shape index (κ3) is 4.55. The van der Waals surface area contributed by atoms with Crippen molar-refractivity contribution in [3.8, 4) is 0 Å². The number of nitrogens with zero attached hydrogens (tertiary/aromatic N) is 1. The molecular weight excluding hydrogens is 264 g/mol. The van der Waals surface area contributed by atoms with E-state index >= 15 is 0 Å². The largest absolute Gasteiger partial charge is 0.393 e. The molecule has 0 aliphatic carbocycles. The molecule has 2 N–H and O–H groups in total. The molecule has 0 saturated carbocycles. The summed E-state index contributed by atoms with van der Waals surface area (Å²) in [6.45, 7) is 8.16. The molecule has 1 atom stereocenters. The van der Waals surface area contributed by atoms with Gasteiger partial charge < -0.3 is 10.4 Å². The minimum atomic E-state index is -0.239. The Labute approximate surface area is 127 Å². The molecule has 2 rings (SSSR count). The molecule has 4 heteroatoms. The maximum atomic E-state index is 12.1. The summed E-state index contributed by atoms with van der Waals surface area (Å²) in [6.07, 6.45) is 1.69. The summed E-state index contributed by atoms with van der Waals surface area (Å²) < 4.78 is 0. The topological polar surface area (TPSA) is 52.6 Å². The fraction of sp³-hybridized carbons (Fsp3) is 0.588. The van der Waals surface area contributed by atoms with Crippen LogP contribution in [0, 0.1) is 19.8 Å². The zero-order valence-corrected chi connectivity index (χ0v) is 13.2. The van der Waals surface area contributed by atoms with E-state index in [0.29, 0.717) is 12.5 Å². The predicted octanol–water partition coefficient (Wildman–Crippen LogP) is 2.33. The van der Waals surface area contributed by atoms with Crippen molar-refractivity contribution in [3.05, 3.63) is 29.3 Å². The van der Waals surface area contributed by atoms with Crippen molar-refractivity contribution in [2.24, 2.45) is 5.92 Å². The van der Waals surface area contributed by atoms with Crippen LogP contribution in [0.5, 0.6) is 0 Å². The highest BCUT2D eigenvalue weighted by atomic mass is 16.3. The lowest BCUT2D eigenvalue weighted by atomic mass is 9.92. The second-order valence-corrected chi connectivity index (χ2v) is 6.20. The molecular formula is C17H26N2O2. The minimum absolute atomic E-state index is 0.0359. The number of carbonyl (C=O) groups is 1. The number of rotatable bonds is 4. The van der Waals surface area contributed by atoms with Crippen LogP contribution in [-0.2, 0) is 4.79 Å². The summed E-state index contributed by atoms with van der Waals surface area (Å²) in [5, 5.41) is 12.6. The van der Waals surface area contributed by atoms with Gasteiger partial charge in [-0.2, -0.15) is 0 Å². The molecule has 0 spiro atoms. The van der Waals surface area contributed by atoms with Gasteiger partial charge in [0, 0.05) is 5.69 Å². The van der Waals surface area contributed by atoms with E-state index in [2.05, 4.69) is 17.1 Å². The van der Waals surface area contributed by atoms with Gasteiger partial charge in [0.25, 0.3) is 0 Å². The number of benzene rings is 1. The average molecular weight is 290 g/mol. The minimum Gasteiger partial charge on any atom is -0.393 e. The first kappa shape index (κ1) is 16.0. The number of carbonyl (C=O) groups excluding carboxylic acids is 1. The Bertz CT molecular complexity index is 492. The fourth-order valence-corrected chi connectivity index (χ4v) is 2.82. The normalized spacial score (nSPS) is 18.5. The molecule has 0 aromatic heterocycles. The van der Waals surface area contributed by atoms with Crippen molar-refractivity contribution in [1.82, 2.24) is 4.90 Å². The maximum Gasteiger partial charge on any atom is 0.238 e. The summed E-state index contributed by atoms with van der Waals surface area (Å²) in [5.74, 6) is 0.415. The third-order valence-corrected chi connectivity index (χ3v) is 4.47. The zero-order valence-electron chi connectivity index (χ0n) is 13.2. The van der Waals surface area contributed by atoms with Gasteiger partial charge in [-0.15, -0.1) is 0 Å². The van der Waals surface area contributed by atoms with E-state index in [4.69, 9.17) is 0 Å². The monoisotopic (exact) mass is 290 g/mol. The van der Waals surface area contributed by atoms with Gasteiger partial charge in [0.2, 0.25) is 5.91 Å². The van der Waals surface area contributed by atoms with Crippen molar-refractivity contribution < 1.29 is 9.90 Å². The molecule has 1 aliphatic heterocycles. The quantitative estimate of drug-likeness (QED) is 0.895. The van der Waals surface area contributed by atoms with Crippen LogP contribution in [0.25, 0.3) is 0 Å². The number of piperidine rings is 1. The Morgan fingerprint density at radius 1 is 1.33 bits per heavy atom. The van der Waals surface area contributed by atoms with Crippen molar-refractivity contribution in [2.45, 2.75) is 39.7 Å². The first-order valence-electron chi connectivity index (χ1n) is 7.73. The van der Waals surface area contributed by atoms with E-state index in [1.807, 2.05) is 32.0 Å². The van der Waals surface area contributed by atoms with E-state index in [0.717, 1.165) is 31.6 Å². The number of aliphatic hydroxyl groups is 1. The summed E-state index contributed by atoms with van der Waals surface area (Å²) >= 11 is 0. The first-order chi connectivity index (χ1) is 9.95. The summed E-state index contributed by atoms with van der Waals surface area (Å²) in [4.78, 5) is 14.3. The molecule has 116 valence electrons. The smallest absolute Gasteiger partial charge is 0.238 e. The second-order valence-electron chi connectivity index (χ2n) is 6.20. The van der Waals surface area contributed by atoms with Gasteiger partial charge in [-0.3, -0.25) is 9.69 Å². The van der Waals surface area contributed by atoms with Crippen LogP contribution in [-0.4, -0.2) is 41.7 Å². The number of aliphatic hydroxyl groups excluding tert-OH is 1. The fourth-order valence-electron chi connectivity index (χ4n) is 2.82. The Morgan fingerprint density at radius 3 is 2.57 bits per heavy atom. The van der Waals surface area contributed by atoms with Crippen LogP contribution in [0.2, 0.25) is 0 Å². The number of nitrogens with one attached hydrogen (secondary N) is 1. The molecule has 0 bridgehead atoms. The number of amides is 1. The molecule has 1 unspecified atom stereocenters. The first-order valence-corrected chi connectivity index (χ1v) is 7.73. The SMILES string of the molecule is Cc1ccc(NC(=O)CN2CCC(C(C)O)CC2)cc1C. The Balaban J connectivity index is 1.81. The van der Waals surface area contributed by atoms with E-state index < -0.39 is 0 Å². The standard InChI is InChI=1S/C17H26N2O2/c1-12-4-5-16(10-13(12)2)18-17(21)11-19-8-6-15(7-9-19)14(3)20/h4-5,10,14-15,20H,6-9,11H2,1-3H3,(H,18,21). The molecule has 1 amide bonds. The van der Waals surface area contributed by atoms with Crippen molar-refractivity contribution in [3.63, 3.8) is 0 Å². The Morgan fingerprint density at radius 2 is 2.00 bits per heavy atom. The van der Waals surface area contributed by atoms with Gasteiger partial charge in [-0.25, -0.2) is 0 Å². The van der Waals surface area contributed by atoms with Crippen LogP contribution < -0.4 is 5.32 Å². The summed E-state index contributed by atoms with van der Waals surface area (Å²) in [5.41, 5.74) is 3.28. The average Bonchev–Trinajstić information content (AvgIpc) is 2.43. The van der Waals surface area contributed by atoms with Crippen LogP contribution in [0.4, 0.5) is 5.69 Å². The molecule has 1 aromatic rings. The molecule has 1 heterocycles. The molecule has 1 fully saturated rings. The molecule has 1 saturated heterocycles. The number of hydrogen-bond acceptors (Lipinski definition) is 3. The molecule has 1 aliphatic rings. The third-order valence-electron chi connectivity index (χ3n) is 4.47. The number of hydrogen-bond donors (Lipinski definition) is 2. The Kier molecular flexibility index (Phi) is 5.37. The van der Waals surface area contributed by atoms with Crippen LogP contribution in [0.1, 0.15) is 30.9 Å². The van der Waals surface area contributed by atoms with Crippen molar-refractivity contribution >= 4 is 11.6 Å². The highest BCUT2D eigenvalue weighted by Gasteiger charge is 2.23. The number of aryl methyl sites for hydroxylation is 2. The number of anilines is 1. The second kappa shape index (κ2) is 7.05. The van der Waals surface area contributed by atoms with Gasteiger partial charge in [0.15, 0.2) is 0 Å². The molecule has 1 aromatic carbocycles. The van der Waals surface area contributed by atoms with E-state index in [1.165, 1.54) is 11.1 Å². The van der Waals surface area contributed by atoms with Crippen LogP contribution in [0.3, 0.4) is 0 Å². The summed E-state index contributed by atoms with van der Waals surface area (Å²) in [7, 11) is 0. The maximum absolute atomic E-state index is 12.1. The lowest BCUT2D eigenvalue weighted by molar-refractivity contribution is -0.117. The van der Waals surface area contributed by atoms with Gasteiger partial charge in [-0.1, -0.05) is 6.07 Å². The van der Waals surface area contributed by atoms with E-state index in [9.17, 15) is 9.90 Å².